The molecule has 5 heterocycles. The lowest BCUT2D eigenvalue weighted by Crippen LogP contribution is -2.49. The van der Waals surface area contributed by atoms with E-state index in [-0.39, 0.29) is 10.8 Å². The summed E-state index contributed by atoms with van der Waals surface area (Å²) in [5.74, 6) is 0.613. The van der Waals surface area contributed by atoms with Crippen molar-refractivity contribution in [2.45, 2.75) is 11.8 Å². The summed E-state index contributed by atoms with van der Waals surface area (Å²) in [6.07, 6.45) is 5.08. The minimum atomic E-state index is -3.56. The van der Waals surface area contributed by atoms with E-state index in [0.717, 1.165) is 11.2 Å². The normalized spacial score (nSPS) is 18.1. The van der Waals surface area contributed by atoms with Crippen LogP contribution in [0.15, 0.2) is 47.8 Å². The second kappa shape index (κ2) is 8.73. The molecule has 2 aliphatic rings. The van der Waals surface area contributed by atoms with E-state index in [0.29, 0.717) is 64.0 Å². The van der Waals surface area contributed by atoms with Crippen molar-refractivity contribution in [1.29, 1.82) is 0 Å². The molecular weight excluding hydrogens is 444 g/mol. The number of fused-ring (bicyclic) bond motifs is 1. The van der Waals surface area contributed by atoms with E-state index in [2.05, 4.69) is 14.9 Å². The van der Waals surface area contributed by atoms with Crippen LogP contribution in [-0.4, -0.2) is 90.4 Å². The van der Waals surface area contributed by atoms with Gasteiger partial charge in [0.2, 0.25) is 10.0 Å². The average molecular weight is 471 g/mol. The fourth-order valence-electron chi connectivity index (χ4n) is 4.14. The Morgan fingerprint density at radius 2 is 1.79 bits per heavy atom. The SMILES string of the molecule is Cc1ccn2cc(C(=O)N3CCN(c4ccc(S(=O)(=O)N5CCOCC5)cn4)CC3)nc2c1. The highest BCUT2D eigenvalue weighted by Crippen LogP contribution is 2.20. The number of rotatable bonds is 4. The first kappa shape index (κ1) is 21.8. The van der Waals surface area contributed by atoms with Crippen LogP contribution in [0.4, 0.5) is 5.82 Å². The number of morpholine rings is 1. The third kappa shape index (κ3) is 4.31. The number of hydrogen-bond acceptors (Lipinski definition) is 7. The summed E-state index contributed by atoms with van der Waals surface area (Å²) < 4.78 is 34.1. The van der Waals surface area contributed by atoms with Gasteiger partial charge in [-0.2, -0.15) is 4.31 Å². The smallest absolute Gasteiger partial charge is 0.274 e. The Bertz CT molecular complexity index is 1260. The first-order valence-electron chi connectivity index (χ1n) is 11.0. The van der Waals surface area contributed by atoms with Gasteiger partial charge >= 0.3 is 0 Å². The Balaban J connectivity index is 1.23. The molecule has 5 rings (SSSR count). The zero-order valence-electron chi connectivity index (χ0n) is 18.4. The topological polar surface area (TPSA) is 100 Å². The van der Waals surface area contributed by atoms with Gasteiger partial charge in [-0.15, -0.1) is 0 Å². The van der Waals surface area contributed by atoms with Crippen molar-refractivity contribution in [3.63, 3.8) is 0 Å². The fourth-order valence-corrected chi connectivity index (χ4v) is 5.49. The summed E-state index contributed by atoms with van der Waals surface area (Å²) in [7, 11) is -3.56. The summed E-state index contributed by atoms with van der Waals surface area (Å²) in [6.45, 7) is 5.82. The van der Waals surface area contributed by atoms with Crippen molar-refractivity contribution in [2.75, 3.05) is 57.4 Å². The Hall–Kier alpha value is -3.02. The number of pyridine rings is 2. The Morgan fingerprint density at radius 3 is 2.48 bits per heavy atom. The maximum absolute atomic E-state index is 12.9. The number of carbonyl (C=O) groups excluding carboxylic acids is 1. The van der Waals surface area contributed by atoms with Crippen molar-refractivity contribution in [1.82, 2.24) is 23.6 Å². The number of carbonyl (C=O) groups is 1. The van der Waals surface area contributed by atoms with Crippen LogP contribution >= 0.6 is 0 Å². The van der Waals surface area contributed by atoms with Gasteiger partial charge in [0.1, 0.15) is 22.1 Å². The number of sulfonamides is 1. The van der Waals surface area contributed by atoms with E-state index in [1.165, 1.54) is 10.5 Å². The van der Waals surface area contributed by atoms with Crippen LogP contribution < -0.4 is 4.90 Å². The molecule has 0 aliphatic carbocycles. The predicted octanol–water partition coefficient (Wildman–Crippen LogP) is 1.02. The molecule has 11 heteroatoms. The van der Waals surface area contributed by atoms with Gasteiger partial charge in [-0.3, -0.25) is 4.79 Å². The maximum atomic E-state index is 12.9. The van der Waals surface area contributed by atoms with Crippen LogP contribution in [0.25, 0.3) is 5.65 Å². The van der Waals surface area contributed by atoms with E-state index in [1.807, 2.05) is 29.7 Å². The minimum absolute atomic E-state index is 0.0871. The average Bonchev–Trinajstić information content (AvgIpc) is 3.27. The van der Waals surface area contributed by atoms with E-state index in [1.54, 1.807) is 23.2 Å². The first-order valence-corrected chi connectivity index (χ1v) is 12.4. The number of nitrogens with zero attached hydrogens (tertiary/aromatic N) is 6. The standard InChI is InChI=1S/C22H26N6O4S/c1-17-4-5-27-16-19(24-21(27)14-17)22(29)26-8-6-25(7-9-26)20-3-2-18(15-23-20)33(30,31)28-10-12-32-13-11-28/h2-5,14-16H,6-13H2,1H3. The van der Waals surface area contributed by atoms with E-state index in [4.69, 9.17) is 4.74 Å². The second-order valence-electron chi connectivity index (χ2n) is 8.24. The van der Waals surface area contributed by atoms with Crippen LogP contribution in [0.1, 0.15) is 16.1 Å². The van der Waals surface area contributed by atoms with Crippen LogP contribution in [0.5, 0.6) is 0 Å². The highest BCUT2D eigenvalue weighted by molar-refractivity contribution is 7.89. The van der Waals surface area contributed by atoms with Crippen LogP contribution in [0, 0.1) is 6.92 Å². The lowest BCUT2D eigenvalue weighted by atomic mass is 10.2. The first-order chi connectivity index (χ1) is 15.9. The predicted molar refractivity (Wildman–Crippen MR) is 122 cm³/mol. The fraction of sp³-hybridized carbons (Fsp3) is 0.409. The molecule has 2 fully saturated rings. The van der Waals surface area contributed by atoms with Crippen molar-refractivity contribution in [3.8, 4) is 0 Å². The van der Waals surface area contributed by atoms with Gasteiger partial charge in [-0.1, -0.05) is 0 Å². The van der Waals surface area contributed by atoms with Gasteiger partial charge in [-0.25, -0.2) is 18.4 Å². The van der Waals surface area contributed by atoms with Gasteiger partial charge < -0.3 is 18.9 Å². The quantitative estimate of drug-likeness (QED) is 0.561. The third-order valence-electron chi connectivity index (χ3n) is 6.05. The monoisotopic (exact) mass is 470 g/mol. The van der Waals surface area contributed by atoms with Gasteiger partial charge in [-0.05, 0) is 36.8 Å². The Kier molecular flexibility index (Phi) is 5.77. The molecule has 0 spiro atoms. The molecule has 0 saturated carbocycles. The lowest BCUT2D eigenvalue weighted by Gasteiger charge is -2.35. The molecule has 3 aromatic rings. The summed E-state index contributed by atoms with van der Waals surface area (Å²) in [6, 6.07) is 7.26. The summed E-state index contributed by atoms with van der Waals surface area (Å²) in [4.78, 5) is 25.8. The zero-order chi connectivity index (χ0) is 23.0. The molecule has 33 heavy (non-hydrogen) atoms. The Labute approximate surface area is 192 Å². The maximum Gasteiger partial charge on any atom is 0.274 e. The molecule has 0 N–H and O–H groups in total. The molecule has 2 saturated heterocycles. The number of piperazine rings is 1. The number of aryl methyl sites for hydroxylation is 1. The third-order valence-corrected chi connectivity index (χ3v) is 7.94. The molecule has 174 valence electrons. The van der Waals surface area contributed by atoms with Gasteiger partial charge in [0.15, 0.2) is 0 Å². The molecule has 10 nitrogen and oxygen atoms in total. The highest BCUT2D eigenvalue weighted by Gasteiger charge is 2.28. The minimum Gasteiger partial charge on any atom is -0.379 e. The largest absolute Gasteiger partial charge is 0.379 e. The number of imidazole rings is 1. The van der Waals surface area contributed by atoms with E-state index in [9.17, 15) is 13.2 Å². The molecule has 0 aromatic carbocycles. The van der Waals surface area contributed by atoms with E-state index >= 15 is 0 Å². The molecular formula is C22H26N6O4S. The molecule has 3 aromatic heterocycles. The zero-order valence-corrected chi connectivity index (χ0v) is 19.2. The van der Waals surface area contributed by atoms with Crippen molar-refractivity contribution >= 4 is 27.4 Å². The van der Waals surface area contributed by atoms with E-state index < -0.39 is 10.0 Å². The van der Waals surface area contributed by atoms with Crippen LogP contribution in [0.2, 0.25) is 0 Å². The number of aromatic nitrogens is 3. The highest BCUT2D eigenvalue weighted by atomic mass is 32.2. The number of amides is 1. The van der Waals surface area contributed by atoms with Gasteiger partial charge in [0.05, 0.1) is 13.2 Å². The van der Waals surface area contributed by atoms with Gasteiger partial charge in [0.25, 0.3) is 5.91 Å². The van der Waals surface area contributed by atoms with Crippen molar-refractivity contribution in [3.05, 3.63) is 54.1 Å². The molecule has 1 amide bonds. The van der Waals surface area contributed by atoms with Crippen molar-refractivity contribution in [2.24, 2.45) is 0 Å². The molecule has 0 bridgehead atoms. The molecule has 0 radical (unpaired) electrons. The number of anilines is 1. The molecule has 2 aliphatic heterocycles. The Morgan fingerprint density at radius 1 is 1.03 bits per heavy atom. The number of hydrogen-bond donors (Lipinski definition) is 0. The summed E-state index contributed by atoms with van der Waals surface area (Å²) in [5.41, 5.74) is 2.29. The van der Waals surface area contributed by atoms with Gasteiger partial charge in [0, 0.05) is 57.9 Å². The summed E-state index contributed by atoms with van der Waals surface area (Å²) in [5, 5.41) is 0. The molecule has 0 unspecified atom stereocenters. The number of ether oxygens (including phenoxy) is 1. The summed E-state index contributed by atoms with van der Waals surface area (Å²) >= 11 is 0. The van der Waals surface area contributed by atoms with Crippen molar-refractivity contribution < 1.29 is 17.9 Å². The van der Waals surface area contributed by atoms with Crippen LogP contribution in [-0.2, 0) is 14.8 Å². The molecule has 0 atom stereocenters. The van der Waals surface area contributed by atoms with Crippen LogP contribution in [0.3, 0.4) is 0 Å². The lowest BCUT2D eigenvalue weighted by molar-refractivity contribution is 0.0730. The second-order valence-corrected chi connectivity index (χ2v) is 10.2.